The Balaban J connectivity index is 2.34. The van der Waals surface area contributed by atoms with Gasteiger partial charge >= 0.3 is 0 Å². The summed E-state index contributed by atoms with van der Waals surface area (Å²) in [6.45, 7) is 0. The molecular formula is C8H14Cl2. The van der Waals surface area contributed by atoms with Crippen molar-refractivity contribution in [2.24, 2.45) is 11.8 Å². The largest absolute Gasteiger partial charge is 0.126 e. The van der Waals surface area contributed by atoms with Gasteiger partial charge in [0.05, 0.1) is 0 Å². The number of hydrogen-bond acceptors (Lipinski definition) is 0. The van der Waals surface area contributed by atoms with Gasteiger partial charge in [0.25, 0.3) is 0 Å². The molecule has 0 radical (unpaired) electrons. The maximum atomic E-state index is 5.80. The zero-order valence-electron chi connectivity index (χ0n) is 6.15. The second kappa shape index (κ2) is 4.46. The van der Waals surface area contributed by atoms with Crippen molar-refractivity contribution in [3.05, 3.63) is 0 Å². The molecular weight excluding hydrogens is 167 g/mol. The highest BCUT2D eigenvalue weighted by molar-refractivity contribution is 6.19. The molecule has 0 saturated heterocycles. The number of halogens is 2. The Morgan fingerprint density at radius 3 is 1.60 bits per heavy atom. The van der Waals surface area contributed by atoms with Crippen LogP contribution >= 0.6 is 23.2 Å². The lowest BCUT2D eigenvalue weighted by atomic mass is 9.81. The van der Waals surface area contributed by atoms with E-state index in [0.717, 1.165) is 11.8 Å². The van der Waals surface area contributed by atoms with Crippen molar-refractivity contribution in [2.45, 2.75) is 25.7 Å². The number of hydrogen-bond donors (Lipinski definition) is 0. The molecule has 0 aliphatic heterocycles. The molecule has 2 heteroatoms. The van der Waals surface area contributed by atoms with E-state index in [1.165, 1.54) is 25.7 Å². The third-order valence-electron chi connectivity index (χ3n) is 2.46. The van der Waals surface area contributed by atoms with Gasteiger partial charge in [-0.1, -0.05) is 12.8 Å². The van der Waals surface area contributed by atoms with Crippen molar-refractivity contribution >= 4 is 23.2 Å². The van der Waals surface area contributed by atoms with E-state index in [1.54, 1.807) is 0 Å². The Bertz CT molecular complexity index is 81.3. The van der Waals surface area contributed by atoms with E-state index in [9.17, 15) is 0 Å². The monoisotopic (exact) mass is 180 g/mol. The summed E-state index contributed by atoms with van der Waals surface area (Å²) in [5.74, 6) is 3.01. The van der Waals surface area contributed by atoms with Crippen LogP contribution in [0.2, 0.25) is 0 Å². The minimum Gasteiger partial charge on any atom is -0.126 e. The van der Waals surface area contributed by atoms with Gasteiger partial charge in [0, 0.05) is 11.8 Å². The molecule has 1 aliphatic rings. The first-order valence-electron chi connectivity index (χ1n) is 4.00. The lowest BCUT2D eigenvalue weighted by Crippen LogP contribution is -2.21. The number of alkyl halides is 2. The molecule has 0 bridgehead atoms. The first kappa shape index (κ1) is 8.67. The quantitative estimate of drug-likeness (QED) is 0.573. The van der Waals surface area contributed by atoms with Crippen molar-refractivity contribution in [1.29, 1.82) is 0 Å². The maximum Gasteiger partial charge on any atom is 0.0254 e. The standard InChI is InChI=1S/C8H14Cl2/c9-5-7-3-1-2-4-8(7)6-10/h7-8H,1-6H2. The summed E-state index contributed by atoms with van der Waals surface area (Å²) in [4.78, 5) is 0. The second-order valence-corrected chi connectivity index (χ2v) is 3.73. The Labute approximate surface area is 72.9 Å². The third kappa shape index (κ3) is 2.03. The first-order valence-corrected chi connectivity index (χ1v) is 5.07. The van der Waals surface area contributed by atoms with Crippen LogP contribution in [0.1, 0.15) is 25.7 Å². The molecule has 0 heterocycles. The van der Waals surface area contributed by atoms with Crippen LogP contribution in [0, 0.1) is 11.8 Å². The van der Waals surface area contributed by atoms with E-state index >= 15 is 0 Å². The fourth-order valence-electron chi connectivity index (χ4n) is 1.69. The van der Waals surface area contributed by atoms with Crippen LogP contribution in [0.3, 0.4) is 0 Å². The SMILES string of the molecule is ClCC1CCCCC1CCl. The van der Waals surface area contributed by atoms with Crippen LogP contribution in [-0.4, -0.2) is 11.8 Å². The third-order valence-corrected chi connectivity index (χ3v) is 3.26. The molecule has 0 nitrogen and oxygen atoms in total. The van der Waals surface area contributed by atoms with Gasteiger partial charge in [-0.25, -0.2) is 0 Å². The Hall–Kier alpha value is 0.580. The minimum absolute atomic E-state index is 0.702. The van der Waals surface area contributed by atoms with Crippen LogP contribution in [0.15, 0.2) is 0 Å². The van der Waals surface area contributed by atoms with Gasteiger partial charge in [0.1, 0.15) is 0 Å². The lowest BCUT2D eigenvalue weighted by molar-refractivity contribution is 0.284. The molecule has 0 aromatic rings. The molecule has 1 aliphatic carbocycles. The van der Waals surface area contributed by atoms with Crippen LogP contribution in [0.5, 0.6) is 0 Å². The predicted octanol–water partition coefficient (Wildman–Crippen LogP) is 3.27. The Kier molecular flexibility index (Phi) is 3.87. The zero-order valence-corrected chi connectivity index (χ0v) is 7.67. The highest BCUT2D eigenvalue weighted by atomic mass is 35.5. The zero-order chi connectivity index (χ0) is 7.40. The van der Waals surface area contributed by atoms with E-state index < -0.39 is 0 Å². The average Bonchev–Trinajstić information content (AvgIpc) is 2.04. The van der Waals surface area contributed by atoms with Gasteiger partial charge in [-0.05, 0) is 24.7 Å². The predicted molar refractivity (Wildman–Crippen MR) is 46.9 cm³/mol. The van der Waals surface area contributed by atoms with Gasteiger partial charge in [-0.15, -0.1) is 23.2 Å². The average molecular weight is 181 g/mol. The Morgan fingerprint density at radius 2 is 1.30 bits per heavy atom. The molecule has 60 valence electrons. The van der Waals surface area contributed by atoms with Crippen molar-refractivity contribution < 1.29 is 0 Å². The highest BCUT2D eigenvalue weighted by Gasteiger charge is 2.22. The van der Waals surface area contributed by atoms with Gasteiger partial charge in [-0.2, -0.15) is 0 Å². The van der Waals surface area contributed by atoms with Gasteiger partial charge in [-0.3, -0.25) is 0 Å². The number of rotatable bonds is 2. The molecule has 0 aromatic heterocycles. The molecule has 0 amide bonds. The molecule has 0 aromatic carbocycles. The van der Waals surface area contributed by atoms with Crippen LogP contribution in [0.25, 0.3) is 0 Å². The van der Waals surface area contributed by atoms with E-state index in [-0.39, 0.29) is 0 Å². The fraction of sp³-hybridized carbons (Fsp3) is 1.00. The molecule has 1 saturated carbocycles. The van der Waals surface area contributed by atoms with Crippen molar-refractivity contribution in [3.8, 4) is 0 Å². The molecule has 2 atom stereocenters. The molecule has 10 heavy (non-hydrogen) atoms. The summed E-state index contributed by atoms with van der Waals surface area (Å²) >= 11 is 11.6. The summed E-state index contributed by atoms with van der Waals surface area (Å²) < 4.78 is 0. The van der Waals surface area contributed by atoms with Crippen molar-refractivity contribution in [2.75, 3.05) is 11.8 Å². The summed E-state index contributed by atoms with van der Waals surface area (Å²) in [6, 6.07) is 0. The second-order valence-electron chi connectivity index (χ2n) is 3.11. The molecule has 0 N–H and O–H groups in total. The smallest absolute Gasteiger partial charge is 0.0254 e. The first-order chi connectivity index (χ1) is 4.88. The Morgan fingerprint density at radius 1 is 0.900 bits per heavy atom. The van der Waals surface area contributed by atoms with Crippen molar-refractivity contribution in [3.63, 3.8) is 0 Å². The maximum absolute atomic E-state index is 5.80. The minimum atomic E-state index is 0.702. The van der Waals surface area contributed by atoms with Gasteiger partial charge in [0.2, 0.25) is 0 Å². The van der Waals surface area contributed by atoms with Gasteiger partial charge in [0.15, 0.2) is 0 Å². The topological polar surface area (TPSA) is 0 Å². The normalized spacial score (nSPS) is 34.2. The van der Waals surface area contributed by atoms with E-state index in [2.05, 4.69) is 0 Å². The van der Waals surface area contributed by atoms with Crippen LogP contribution in [0.4, 0.5) is 0 Å². The molecule has 2 unspecified atom stereocenters. The summed E-state index contributed by atoms with van der Waals surface area (Å²) in [7, 11) is 0. The lowest BCUT2D eigenvalue weighted by Gasteiger charge is -2.28. The molecule has 1 fully saturated rings. The molecule has 0 spiro atoms. The van der Waals surface area contributed by atoms with E-state index in [1.807, 2.05) is 0 Å². The van der Waals surface area contributed by atoms with Crippen molar-refractivity contribution in [1.82, 2.24) is 0 Å². The molecule has 1 rings (SSSR count). The fourth-order valence-corrected chi connectivity index (χ4v) is 2.50. The van der Waals surface area contributed by atoms with Gasteiger partial charge < -0.3 is 0 Å². The van der Waals surface area contributed by atoms with E-state index in [0.29, 0.717) is 11.8 Å². The van der Waals surface area contributed by atoms with Crippen LogP contribution < -0.4 is 0 Å². The summed E-state index contributed by atoms with van der Waals surface area (Å²) in [5.41, 5.74) is 0. The summed E-state index contributed by atoms with van der Waals surface area (Å²) in [6.07, 6.45) is 5.29. The van der Waals surface area contributed by atoms with Crippen LogP contribution in [-0.2, 0) is 0 Å². The summed E-state index contributed by atoms with van der Waals surface area (Å²) in [5, 5.41) is 0. The van der Waals surface area contributed by atoms with E-state index in [4.69, 9.17) is 23.2 Å². The highest BCUT2D eigenvalue weighted by Crippen LogP contribution is 2.31.